The molecule has 10 aromatic rings. The maximum atomic E-state index is 10.6. The summed E-state index contributed by atoms with van der Waals surface area (Å²) >= 11 is 0. The number of nitrogens with one attached hydrogen (secondary N) is 5. The normalized spacial score (nSPS) is 26.2. The SMILES string of the molecule is C=P(C)(C)CCC1O[C@@H](n2cnc3c(NC)ccnc32)[C@H](O)[C@@H]1O.C=P(C)(C)CCC1O[C@@H](n2cnc3c(NCC)ncnc32)[C@H](O)[C@@H]1O.C=P(C)(C)CCC1O[C@@H](n2cnc3c(NCCC)ncnc32)[C@H](O)[C@@H]1O.C=P(C)(C)CCC1O[C@@H](n2cnc3c(NCCCC)ncnc32)[C@H](O)[C@@H]1O.C=P(C)(C)CCC1O[C@@H](n2cnc3c(NCCCOCCCN)ncnc32)[C@H](O)[C@@H]1O. The number of anilines is 5. The van der Waals surface area contributed by atoms with Gasteiger partial charge in [-0.15, -0.1) is 65.9 Å². The van der Waals surface area contributed by atoms with E-state index in [0.717, 1.165) is 81.7 Å². The highest BCUT2D eigenvalue weighted by molar-refractivity contribution is 7.73. The van der Waals surface area contributed by atoms with E-state index in [0.29, 0.717) is 144 Å². The van der Waals surface area contributed by atoms with Crippen LogP contribution in [0.25, 0.3) is 55.8 Å². The Bertz CT molecular complexity index is 5640. The molecule has 10 aromatic heterocycles. The number of imidazole rings is 5. The number of nitrogens with two attached hydrogens (primary N) is 1. The molecule has 0 spiro atoms. The quantitative estimate of drug-likeness (QED) is 0.0156. The first-order chi connectivity index (χ1) is 63.1. The van der Waals surface area contributed by atoms with Crippen molar-refractivity contribution >= 4 is 151 Å². The Labute approximate surface area is 778 Å². The number of aliphatic hydroxyl groups is 10. The zero-order chi connectivity index (χ0) is 96.6. The lowest BCUT2D eigenvalue weighted by Gasteiger charge is -2.18. The highest BCUT2D eigenvalue weighted by Crippen LogP contribution is 2.46. The molecule has 15 heterocycles. The summed E-state index contributed by atoms with van der Waals surface area (Å²) in [6.45, 7) is 26.4. The molecule has 0 aromatic carbocycles. The lowest BCUT2D eigenvalue weighted by molar-refractivity contribution is -0.0353. The molecule has 17 N–H and O–H groups in total. The van der Waals surface area contributed by atoms with Crippen LogP contribution in [0.5, 0.6) is 0 Å². The fraction of sp³-hybridized carbons (Fsp3) is 0.644. The molecule has 0 aliphatic carbocycles. The fourth-order valence-corrected chi connectivity index (χ4v) is 20.6. The van der Waals surface area contributed by atoms with Gasteiger partial charge in [0.15, 0.2) is 105 Å². The Morgan fingerprint density at radius 3 is 0.887 bits per heavy atom. The molecule has 0 amide bonds. The van der Waals surface area contributed by atoms with Crippen molar-refractivity contribution < 1.29 is 79.5 Å². The molecule has 5 fully saturated rings. The van der Waals surface area contributed by atoms with Crippen LogP contribution in [0.4, 0.5) is 29.0 Å². The first-order valence-electron chi connectivity index (χ1n) is 45.5. The summed E-state index contributed by atoms with van der Waals surface area (Å²) in [6.07, 6.45) is 33.3. The molecule has 0 radical (unpaired) electrons. The number of rotatable bonds is 38. The molecule has 5 saturated heterocycles. The Hall–Kier alpha value is -7.36. The number of aromatic nitrogens is 19. The van der Waals surface area contributed by atoms with Gasteiger partial charge in [0.2, 0.25) is 0 Å². The number of hydrogen-bond donors (Lipinski definition) is 16. The summed E-state index contributed by atoms with van der Waals surface area (Å²) in [4.78, 5) is 60.5. The van der Waals surface area contributed by atoms with Gasteiger partial charge in [-0.25, -0.2) is 69.8 Å². The van der Waals surface area contributed by atoms with E-state index in [9.17, 15) is 51.1 Å². The van der Waals surface area contributed by atoms with E-state index < -0.39 is 157 Å². The van der Waals surface area contributed by atoms with E-state index in [4.69, 9.17) is 34.2 Å². The second kappa shape index (κ2) is 47.3. The number of nitrogens with zero attached hydrogens (tertiary/aromatic N) is 19. The maximum absolute atomic E-state index is 10.6. The van der Waals surface area contributed by atoms with Gasteiger partial charge in [-0.1, -0.05) is 20.3 Å². The van der Waals surface area contributed by atoms with Crippen LogP contribution < -0.4 is 32.3 Å². The number of hydrogen-bond acceptors (Lipinski definition) is 36. The van der Waals surface area contributed by atoms with E-state index in [1.165, 1.54) is 25.3 Å². The van der Waals surface area contributed by atoms with Crippen molar-refractivity contribution in [1.29, 1.82) is 0 Å². The van der Waals surface area contributed by atoms with Gasteiger partial charge in [-0.3, -0.25) is 22.8 Å². The molecule has 5 aliphatic heterocycles. The fourth-order valence-electron chi connectivity index (χ4n) is 15.8. The van der Waals surface area contributed by atoms with E-state index in [-0.39, 0.29) is 0 Å². The average molecular weight is 1950 g/mol. The van der Waals surface area contributed by atoms with Crippen molar-refractivity contribution in [3.63, 3.8) is 0 Å². The Morgan fingerprint density at radius 1 is 0.346 bits per heavy atom. The van der Waals surface area contributed by atoms with Gasteiger partial charge in [0.25, 0.3) is 0 Å². The zero-order valence-electron chi connectivity index (χ0n) is 79.2. The van der Waals surface area contributed by atoms with Gasteiger partial charge in [0.05, 0.1) is 67.8 Å². The van der Waals surface area contributed by atoms with E-state index in [1.807, 2.05) is 20.0 Å². The molecular weight excluding hydrogens is 1810 g/mol. The van der Waals surface area contributed by atoms with Crippen LogP contribution in [0.3, 0.4) is 0 Å². The van der Waals surface area contributed by atoms with E-state index >= 15 is 0 Å². The average Bonchev–Trinajstić information content (AvgIpc) is 1.65. The van der Waals surface area contributed by atoms with Gasteiger partial charge in [-0.05, 0) is 175 Å². The molecular formula is C87H144N25O16P5. The number of pyridine rings is 1. The topological polar surface area (TPSA) is 549 Å². The van der Waals surface area contributed by atoms with Crippen LogP contribution in [-0.4, -0.2) is 417 Å². The van der Waals surface area contributed by atoms with Crippen molar-refractivity contribution in [1.82, 2.24) is 92.6 Å². The lowest BCUT2D eigenvalue weighted by atomic mass is 10.1. The van der Waals surface area contributed by atoms with Crippen molar-refractivity contribution in [2.75, 3.05) is 177 Å². The molecule has 41 nitrogen and oxygen atoms in total. The Balaban J connectivity index is 0.000000161. The maximum Gasteiger partial charge on any atom is 0.167 e. The molecule has 15 rings (SSSR count). The lowest BCUT2D eigenvalue weighted by Crippen LogP contribution is -2.31. The number of aliphatic hydroxyl groups excluding tert-OH is 10. The molecule has 20 atom stereocenters. The standard InChI is InChI=1S/C20H35N6O4P.C18H30N5O3P.C17H28N5O3P.C16H26N5O3P.C16H25N4O3P/c1-31(2,3)11-6-14-16(27)17(28)20(30-14)26-13-25-15-18(23-12-24-19(15)26)22-8-5-10-29-9-4-7-21;1-5-6-8-19-16-13-17(21-10-20-16)23(11-22-13)18-15(25)14(24)12(26-18)7-9-27(2,3)4;1-5-7-18-15-12-16(20-9-19-15)22(10-21-12)17-14(24)13(23)11(25-17)6-8-26(2,3)4;1-5-17-14-11-15(19-8-18-14)21(9-20-11)16-13(23)12(22)10(24-16)6-7-25(2,3)4;1-17-10-5-7-18-15-12(10)19-9-20(15)16-14(22)13(21)11(23-16)6-8-24(2,3)4/h12-14,16-17,20,27-28H,1,4-11,21H2,2-3H3,(H,22,23,24);10-12,14-15,18,24-25H,2,5-9H2,1,3-4H3,(H,19,20,21);9-11,13-14,17,23-24H,2,5-8H2,1,3-4H3,(H,18,19,20);8-10,12-13,16,22-23H,2,5-7H2,1,3-4H3,(H,17,18,19);5,7,9,11,13-14,16,21-22H,2,6,8H2,1,3-4H3,(H,17,18)/t14?,16-,17-,20-;12?,14-,15-,18-;11?,13-,14-,17-;10?,12-,13-,16-;11?,13-,14-,16-/m11111/s1. The Kier molecular flexibility index (Phi) is 37.8. The van der Waals surface area contributed by atoms with E-state index in [1.54, 1.807) is 60.7 Å². The summed E-state index contributed by atoms with van der Waals surface area (Å²) in [5.41, 5.74) is 12.3. The smallest absolute Gasteiger partial charge is 0.167 e. The first-order valence-corrected chi connectivity index (χ1v) is 60.7. The molecule has 0 saturated carbocycles. The number of unbranched alkanes of at least 4 members (excludes halogenated alkanes) is 1. The van der Waals surface area contributed by atoms with Crippen LogP contribution in [0, 0.1) is 0 Å². The minimum absolute atomic E-state index is 0.407. The summed E-state index contributed by atoms with van der Waals surface area (Å²) in [6, 6.07) is 1.84. The van der Waals surface area contributed by atoms with Gasteiger partial charge < -0.3 is 112 Å². The van der Waals surface area contributed by atoms with Gasteiger partial charge in [0, 0.05) is 52.6 Å². The van der Waals surface area contributed by atoms with Gasteiger partial charge in [0.1, 0.15) is 91.9 Å². The van der Waals surface area contributed by atoms with Gasteiger partial charge >= 0.3 is 0 Å². The second-order valence-electron chi connectivity index (χ2n) is 37.9. The van der Waals surface area contributed by atoms with Crippen LogP contribution in [0.15, 0.2) is 69.2 Å². The third-order valence-electron chi connectivity index (χ3n) is 23.3. The van der Waals surface area contributed by atoms with Crippen molar-refractivity contribution in [3.05, 3.63) is 69.2 Å². The first kappa shape index (κ1) is 106. The summed E-state index contributed by atoms with van der Waals surface area (Å²) in [5.74, 6) is 2.57. The molecule has 133 heavy (non-hydrogen) atoms. The van der Waals surface area contributed by atoms with Crippen LogP contribution >= 0.6 is 34.4 Å². The Morgan fingerprint density at radius 2 is 0.617 bits per heavy atom. The highest BCUT2D eigenvalue weighted by atomic mass is 31.2. The minimum atomic E-state index is -1.25. The predicted molar refractivity (Wildman–Crippen MR) is 539 cm³/mol. The highest BCUT2D eigenvalue weighted by Gasteiger charge is 2.49. The van der Waals surface area contributed by atoms with E-state index in [2.05, 4.69) is 208 Å². The number of ether oxygens (including phenoxy) is 6. The largest absolute Gasteiger partial charge is 0.388 e. The number of fused-ring (bicyclic) bond motifs is 5. The third kappa shape index (κ3) is 27.6. The van der Waals surface area contributed by atoms with Crippen LogP contribution in [-0.2, 0) is 28.4 Å². The van der Waals surface area contributed by atoms with Crippen LogP contribution in [0.2, 0.25) is 0 Å². The van der Waals surface area contributed by atoms with Crippen molar-refractivity contribution in [2.45, 2.75) is 208 Å². The molecule has 5 aliphatic rings. The molecule has 0 bridgehead atoms. The summed E-state index contributed by atoms with van der Waals surface area (Å²) < 4.78 is 43.8. The molecule has 5 unspecified atom stereocenters. The van der Waals surface area contributed by atoms with Crippen molar-refractivity contribution in [3.8, 4) is 0 Å². The second-order valence-corrected chi connectivity index (χ2v) is 59.5. The predicted octanol–water partition coefficient (Wildman–Crippen LogP) is 6.00. The molecule has 46 heteroatoms. The summed E-state index contributed by atoms with van der Waals surface area (Å²) in [7, 11) is 1.82. The van der Waals surface area contributed by atoms with Gasteiger partial charge in [-0.2, -0.15) is 0 Å². The van der Waals surface area contributed by atoms with Crippen LogP contribution in [0.1, 0.15) is 116 Å². The third-order valence-corrected chi connectivity index (χ3v) is 30.6. The van der Waals surface area contributed by atoms with Crippen molar-refractivity contribution in [2.24, 2.45) is 5.73 Å². The monoisotopic (exact) mass is 1950 g/mol. The molecule has 738 valence electrons. The minimum Gasteiger partial charge on any atom is -0.388 e. The summed E-state index contributed by atoms with van der Waals surface area (Å²) in [5, 5.41) is 121. The zero-order valence-corrected chi connectivity index (χ0v) is 83.7.